The van der Waals surface area contributed by atoms with Gasteiger partial charge >= 0.3 is 5.97 Å². The lowest BCUT2D eigenvalue weighted by atomic mass is 10.0. The van der Waals surface area contributed by atoms with Crippen molar-refractivity contribution >= 4 is 23.2 Å². The molecule has 0 aromatic carbocycles. The van der Waals surface area contributed by atoms with Crippen molar-refractivity contribution in [2.75, 3.05) is 6.54 Å². The topological polar surface area (TPSA) is 83.4 Å². The lowest BCUT2D eigenvalue weighted by molar-refractivity contribution is -0.151. The first kappa shape index (κ1) is 15.6. The maximum Gasteiger partial charge on any atom is 0.326 e. The number of amides is 1. The Balaban J connectivity index is 1.70. The minimum absolute atomic E-state index is 0.139. The van der Waals surface area contributed by atoms with Crippen molar-refractivity contribution in [1.29, 1.82) is 0 Å². The molecular weight excluding hydrogens is 314 g/mol. The Hall–Kier alpha value is -2.28. The van der Waals surface area contributed by atoms with Crippen LogP contribution in [0, 0.1) is 0 Å². The quantitative estimate of drug-likeness (QED) is 0.929. The molecule has 0 saturated carbocycles. The van der Waals surface area contributed by atoms with Crippen LogP contribution in [0.5, 0.6) is 0 Å². The maximum absolute atomic E-state index is 12.4. The van der Waals surface area contributed by atoms with Gasteiger partial charge in [0.2, 0.25) is 5.91 Å². The normalized spacial score (nSPS) is 17.9. The predicted molar refractivity (Wildman–Crippen MR) is 86.0 cm³/mol. The number of thiazole rings is 1. The molecule has 120 valence electrons. The van der Waals surface area contributed by atoms with Gasteiger partial charge in [-0.05, 0) is 31.4 Å². The largest absolute Gasteiger partial charge is 0.480 e. The first-order valence-corrected chi connectivity index (χ1v) is 8.40. The summed E-state index contributed by atoms with van der Waals surface area (Å²) in [6.45, 7) is 0.509. The Bertz CT molecular complexity index is 702. The van der Waals surface area contributed by atoms with Crippen LogP contribution in [0.25, 0.3) is 10.6 Å². The van der Waals surface area contributed by atoms with Gasteiger partial charge in [-0.2, -0.15) is 0 Å². The Morgan fingerprint density at radius 3 is 3.00 bits per heavy atom. The first-order chi connectivity index (χ1) is 11.1. The third-order valence-corrected chi connectivity index (χ3v) is 4.84. The van der Waals surface area contributed by atoms with Crippen LogP contribution in [0.4, 0.5) is 0 Å². The van der Waals surface area contributed by atoms with E-state index in [0.717, 1.165) is 23.4 Å². The highest BCUT2D eigenvalue weighted by Crippen LogP contribution is 2.24. The molecule has 6 nitrogen and oxygen atoms in total. The van der Waals surface area contributed by atoms with Crippen molar-refractivity contribution in [1.82, 2.24) is 14.9 Å². The highest BCUT2D eigenvalue weighted by atomic mass is 32.1. The van der Waals surface area contributed by atoms with Crippen molar-refractivity contribution < 1.29 is 14.7 Å². The molecule has 1 fully saturated rings. The second-order valence-electron chi connectivity index (χ2n) is 5.50. The summed E-state index contributed by atoms with van der Waals surface area (Å²) in [5.74, 6) is -1.09. The molecule has 2 aromatic heterocycles. The molecule has 0 radical (unpaired) electrons. The Kier molecular flexibility index (Phi) is 4.66. The number of rotatable bonds is 4. The number of pyridine rings is 1. The van der Waals surface area contributed by atoms with Gasteiger partial charge in [0.05, 0.1) is 12.1 Å². The van der Waals surface area contributed by atoms with Gasteiger partial charge in [0.1, 0.15) is 11.0 Å². The lowest BCUT2D eigenvalue weighted by Gasteiger charge is -2.32. The number of likely N-dealkylation sites (tertiary alicyclic amines) is 1. The van der Waals surface area contributed by atoms with Crippen LogP contribution in [-0.2, 0) is 16.0 Å². The Morgan fingerprint density at radius 1 is 1.39 bits per heavy atom. The molecule has 0 bridgehead atoms. The van der Waals surface area contributed by atoms with Crippen LogP contribution >= 0.6 is 11.3 Å². The minimum Gasteiger partial charge on any atom is -0.480 e. The van der Waals surface area contributed by atoms with Crippen LogP contribution in [0.15, 0.2) is 29.9 Å². The summed E-state index contributed by atoms with van der Waals surface area (Å²) >= 11 is 1.46. The van der Waals surface area contributed by atoms with E-state index in [1.807, 2.05) is 17.5 Å². The van der Waals surface area contributed by atoms with Crippen LogP contribution in [0.3, 0.4) is 0 Å². The van der Waals surface area contributed by atoms with Crippen molar-refractivity contribution in [3.8, 4) is 10.6 Å². The number of carbonyl (C=O) groups is 2. The standard InChI is InChI=1S/C16H17N3O3S/c20-14(19-7-2-1-5-13(19)16(21)22)8-12-10-23-15(18-12)11-4-3-6-17-9-11/h3-4,6,9-10,13H,1-2,5,7-8H2,(H,21,22)/t13-/m0/s1. The average molecular weight is 331 g/mol. The van der Waals surface area contributed by atoms with E-state index in [-0.39, 0.29) is 12.3 Å². The fraction of sp³-hybridized carbons (Fsp3) is 0.375. The molecule has 2 aromatic rings. The summed E-state index contributed by atoms with van der Waals surface area (Å²) in [6, 6.07) is 3.06. The van der Waals surface area contributed by atoms with E-state index in [4.69, 9.17) is 0 Å². The van der Waals surface area contributed by atoms with E-state index in [0.29, 0.717) is 18.7 Å². The maximum atomic E-state index is 12.4. The number of aromatic nitrogens is 2. The van der Waals surface area contributed by atoms with Crippen molar-refractivity contribution in [2.45, 2.75) is 31.7 Å². The minimum atomic E-state index is -0.924. The van der Waals surface area contributed by atoms with Crippen LogP contribution in [-0.4, -0.2) is 44.4 Å². The smallest absolute Gasteiger partial charge is 0.326 e. The highest BCUT2D eigenvalue weighted by Gasteiger charge is 2.31. The molecule has 23 heavy (non-hydrogen) atoms. The number of hydrogen-bond acceptors (Lipinski definition) is 5. The molecule has 3 rings (SSSR count). The van der Waals surface area contributed by atoms with Gasteiger partial charge < -0.3 is 10.0 Å². The molecule has 1 N–H and O–H groups in total. The van der Waals surface area contributed by atoms with Gasteiger partial charge in [0.15, 0.2) is 0 Å². The SMILES string of the molecule is O=C(O)[C@@H]1CCCCN1C(=O)Cc1csc(-c2cccnc2)n1. The molecule has 3 heterocycles. The van der Waals surface area contributed by atoms with Gasteiger partial charge in [-0.25, -0.2) is 9.78 Å². The summed E-state index contributed by atoms with van der Waals surface area (Å²) in [6.07, 6.45) is 5.80. The number of nitrogens with zero attached hydrogens (tertiary/aromatic N) is 3. The second-order valence-corrected chi connectivity index (χ2v) is 6.36. The number of carboxylic acid groups (broad SMARTS) is 1. The number of carbonyl (C=O) groups excluding carboxylic acids is 1. The van der Waals surface area contributed by atoms with Gasteiger partial charge in [0.25, 0.3) is 0 Å². The first-order valence-electron chi connectivity index (χ1n) is 7.52. The molecule has 1 aliphatic heterocycles. The second kappa shape index (κ2) is 6.87. The van der Waals surface area contributed by atoms with E-state index < -0.39 is 12.0 Å². The zero-order valence-corrected chi connectivity index (χ0v) is 13.3. The number of carboxylic acids is 1. The molecule has 7 heteroatoms. The third-order valence-electron chi connectivity index (χ3n) is 3.90. The lowest BCUT2D eigenvalue weighted by Crippen LogP contribution is -2.48. The van der Waals surface area contributed by atoms with Crippen molar-refractivity contribution in [3.05, 3.63) is 35.6 Å². The van der Waals surface area contributed by atoms with Gasteiger partial charge in [-0.1, -0.05) is 0 Å². The van der Waals surface area contributed by atoms with Gasteiger partial charge in [0, 0.05) is 29.9 Å². The zero-order chi connectivity index (χ0) is 16.2. The van der Waals surface area contributed by atoms with Crippen LogP contribution in [0.1, 0.15) is 25.0 Å². The number of hydrogen-bond donors (Lipinski definition) is 1. The molecule has 0 unspecified atom stereocenters. The summed E-state index contributed by atoms with van der Waals surface area (Å²) in [7, 11) is 0. The Labute approximate surface area is 137 Å². The summed E-state index contributed by atoms with van der Waals surface area (Å²) in [5, 5.41) is 11.9. The molecule has 0 spiro atoms. The fourth-order valence-corrected chi connectivity index (χ4v) is 3.56. The zero-order valence-electron chi connectivity index (χ0n) is 12.5. The monoisotopic (exact) mass is 331 g/mol. The van der Waals surface area contributed by atoms with Gasteiger partial charge in [-0.3, -0.25) is 9.78 Å². The average Bonchev–Trinajstić information content (AvgIpc) is 3.04. The van der Waals surface area contributed by atoms with Crippen LogP contribution < -0.4 is 0 Å². The summed E-state index contributed by atoms with van der Waals surface area (Å²) in [5.41, 5.74) is 1.59. The van der Waals surface area contributed by atoms with E-state index in [9.17, 15) is 14.7 Å². The molecule has 1 saturated heterocycles. The van der Waals surface area contributed by atoms with E-state index in [2.05, 4.69) is 9.97 Å². The van der Waals surface area contributed by atoms with E-state index in [1.54, 1.807) is 12.4 Å². The number of aliphatic carboxylic acids is 1. The Morgan fingerprint density at radius 2 is 2.26 bits per heavy atom. The predicted octanol–water partition coefficient (Wildman–Crippen LogP) is 2.21. The highest BCUT2D eigenvalue weighted by molar-refractivity contribution is 7.13. The molecule has 0 aliphatic carbocycles. The van der Waals surface area contributed by atoms with E-state index in [1.165, 1.54) is 16.2 Å². The van der Waals surface area contributed by atoms with E-state index >= 15 is 0 Å². The molecule has 1 amide bonds. The van der Waals surface area contributed by atoms with Gasteiger partial charge in [-0.15, -0.1) is 11.3 Å². The summed E-state index contributed by atoms with van der Waals surface area (Å²) in [4.78, 5) is 33.7. The molecule has 1 atom stereocenters. The number of piperidine rings is 1. The van der Waals surface area contributed by atoms with Crippen molar-refractivity contribution in [3.63, 3.8) is 0 Å². The van der Waals surface area contributed by atoms with Crippen molar-refractivity contribution in [2.24, 2.45) is 0 Å². The fourth-order valence-electron chi connectivity index (χ4n) is 2.75. The molecular formula is C16H17N3O3S. The summed E-state index contributed by atoms with van der Waals surface area (Å²) < 4.78 is 0. The van der Waals surface area contributed by atoms with Crippen LogP contribution in [0.2, 0.25) is 0 Å². The molecule has 1 aliphatic rings. The third kappa shape index (κ3) is 3.56.